The van der Waals surface area contributed by atoms with Crippen molar-refractivity contribution in [3.63, 3.8) is 0 Å². The fourth-order valence-corrected chi connectivity index (χ4v) is 4.34. The summed E-state index contributed by atoms with van der Waals surface area (Å²) >= 11 is 1.44. The van der Waals surface area contributed by atoms with Gasteiger partial charge in [-0.3, -0.25) is 14.3 Å². The molecular formula is C25H24N4OS. The molecule has 0 unspecified atom stereocenters. The van der Waals surface area contributed by atoms with Crippen molar-refractivity contribution in [3.05, 3.63) is 95.3 Å². The van der Waals surface area contributed by atoms with E-state index in [0.29, 0.717) is 11.7 Å². The van der Waals surface area contributed by atoms with Crippen molar-refractivity contribution in [2.24, 2.45) is 0 Å². The number of Topliss-reactive ketones (excluding diaryl/α,β-unsaturated/α-hetero) is 1. The monoisotopic (exact) mass is 428 g/mol. The summed E-state index contributed by atoms with van der Waals surface area (Å²) in [5.41, 5.74) is 4.87. The van der Waals surface area contributed by atoms with Gasteiger partial charge in [0, 0.05) is 23.5 Å². The van der Waals surface area contributed by atoms with E-state index in [2.05, 4.69) is 31.9 Å². The lowest BCUT2D eigenvalue weighted by molar-refractivity contribution is 0.0993. The Labute approximate surface area is 186 Å². The first kappa shape index (κ1) is 21.0. The number of carbonyl (C=O) groups excluding carboxylic acids is 1. The topological polar surface area (TPSA) is 60.7 Å². The lowest BCUT2D eigenvalue weighted by Crippen LogP contribution is -2.16. The van der Waals surface area contributed by atoms with Gasteiger partial charge in [-0.1, -0.05) is 59.8 Å². The molecular weight excluding hydrogens is 404 g/mol. The summed E-state index contributed by atoms with van der Waals surface area (Å²) in [6.07, 6.45) is 3.52. The molecule has 0 aliphatic heterocycles. The molecule has 0 fully saturated rings. The second kappa shape index (κ2) is 9.27. The second-order valence-corrected chi connectivity index (χ2v) is 8.87. The maximum Gasteiger partial charge on any atom is 0.192 e. The number of aryl methyl sites for hydroxylation is 2. The fourth-order valence-electron chi connectivity index (χ4n) is 3.42. The normalized spacial score (nSPS) is 12.0. The molecule has 4 rings (SSSR count). The van der Waals surface area contributed by atoms with Crippen LogP contribution in [0.3, 0.4) is 0 Å². The maximum absolute atomic E-state index is 13.2. The molecule has 0 spiro atoms. The van der Waals surface area contributed by atoms with Gasteiger partial charge in [-0.25, -0.2) is 0 Å². The third-order valence-electron chi connectivity index (χ3n) is 5.13. The molecule has 5 nitrogen and oxygen atoms in total. The molecule has 2 aromatic carbocycles. The maximum atomic E-state index is 13.2. The molecule has 0 saturated carbocycles. The minimum absolute atomic E-state index is 0.100. The van der Waals surface area contributed by atoms with Crippen molar-refractivity contribution in [2.45, 2.75) is 37.7 Å². The first-order valence-corrected chi connectivity index (χ1v) is 11.1. The first-order valence-electron chi connectivity index (χ1n) is 10.2. The number of hydrogen-bond donors (Lipinski definition) is 0. The van der Waals surface area contributed by atoms with Crippen molar-refractivity contribution in [3.8, 4) is 11.4 Å². The lowest BCUT2D eigenvalue weighted by Gasteiger charge is -2.14. The Morgan fingerprint density at radius 3 is 2.58 bits per heavy atom. The number of ketones is 1. The molecule has 156 valence electrons. The van der Waals surface area contributed by atoms with E-state index in [1.54, 1.807) is 12.4 Å². The molecule has 0 radical (unpaired) electrons. The number of pyridine rings is 1. The minimum atomic E-state index is -0.291. The fraction of sp³-hybridized carbons (Fsp3) is 0.200. The number of nitrogens with zero attached hydrogens (tertiary/aromatic N) is 4. The van der Waals surface area contributed by atoms with Gasteiger partial charge in [0.05, 0.1) is 11.8 Å². The highest BCUT2D eigenvalue weighted by Crippen LogP contribution is 2.29. The van der Waals surface area contributed by atoms with E-state index < -0.39 is 0 Å². The molecule has 1 atom stereocenters. The zero-order chi connectivity index (χ0) is 21.8. The molecule has 0 amide bonds. The molecule has 0 bridgehead atoms. The van der Waals surface area contributed by atoms with Crippen molar-refractivity contribution in [2.75, 3.05) is 0 Å². The number of rotatable bonds is 7. The Hall–Kier alpha value is -3.25. The van der Waals surface area contributed by atoms with Crippen LogP contribution in [0.4, 0.5) is 0 Å². The SMILES string of the molecule is Cc1ccc(C)c(C(=O)[C@H](C)Sc2nnc(-c3cccnc3)n2Cc2ccccc2)c1. The van der Waals surface area contributed by atoms with Crippen LogP contribution in [0.25, 0.3) is 11.4 Å². The average molecular weight is 429 g/mol. The Kier molecular flexibility index (Phi) is 6.28. The first-order chi connectivity index (χ1) is 15.0. The summed E-state index contributed by atoms with van der Waals surface area (Å²) < 4.78 is 2.06. The molecule has 2 aromatic heterocycles. The van der Waals surface area contributed by atoms with Crippen LogP contribution in [0.15, 0.2) is 78.2 Å². The summed E-state index contributed by atoms with van der Waals surface area (Å²) in [7, 11) is 0. The van der Waals surface area contributed by atoms with Crippen LogP contribution in [0, 0.1) is 13.8 Å². The van der Waals surface area contributed by atoms with Crippen LogP contribution in [-0.4, -0.2) is 30.8 Å². The van der Waals surface area contributed by atoms with Crippen molar-refractivity contribution >= 4 is 17.5 Å². The summed E-state index contributed by atoms with van der Waals surface area (Å²) in [6.45, 7) is 6.53. The summed E-state index contributed by atoms with van der Waals surface area (Å²) in [6, 6.07) is 20.0. The third-order valence-corrected chi connectivity index (χ3v) is 6.21. The smallest absolute Gasteiger partial charge is 0.192 e. The van der Waals surface area contributed by atoms with E-state index in [4.69, 9.17) is 0 Å². The van der Waals surface area contributed by atoms with Gasteiger partial charge >= 0.3 is 0 Å². The predicted molar refractivity (Wildman–Crippen MR) is 124 cm³/mol. The summed E-state index contributed by atoms with van der Waals surface area (Å²) in [5.74, 6) is 0.842. The lowest BCUT2D eigenvalue weighted by atomic mass is 10.0. The molecule has 2 heterocycles. The highest BCUT2D eigenvalue weighted by atomic mass is 32.2. The van der Waals surface area contributed by atoms with Crippen molar-refractivity contribution in [1.29, 1.82) is 0 Å². The number of benzene rings is 2. The summed E-state index contributed by atoms with van der Waals surface area (Å²) in [4.78, 5) is 17.4. The van der Waals surface area contributed by atoms with Crippen LogP contribution in [-0.2, 0) is 6.54 Å². The van der Waals surface area contributed by atoms with Crippen LogP contribution < -0.4 is 0 Å². The summed E-state index contributed by atoms with van der Waals surface area (Å²) in [5, 5.41) is 9.31. The molecule has 4 aromatic rings. The Bertz CT molecular complexity index is 1190. The minimum Gasteiger partial charge on any atom is -0.297 e. The molecule has 0 aliphatic rings. The molecule has 6 heteroatoms. The van der Waals surface area contributed by atoms with Gasteiger partial charge in [0.15, 0.2) is 16.8 Å². The molecule has 0 N–H and O–H groups in total. The van der Waals surface area contributed by atoms with Gasteiger partial charge in [-0.2, -0.15) is 0 Å². The van der Waals surface area contributed by atoms with Crippen LogP contribution in [0.1, 0.15) is 34.0 Å². The number of thioether (sulfide) groups is 1. The van der Waals surface area contributed by atoms with E-state index >= 15 is 0 Å². The third kappa shape index (κ3) is 4.75. The van der Waals surface area contributed by atoms with Gasteiger partial charge in [-0.15, -0.1) is 10.2 Å². The van der Waals surface area contributed by atoms with Crippen LogP contribution in [0.5, 0.6) is 0 Å². The van der Waals surface area contributed by atoms with Crippen LogP contribution >= 0.6 is 11.8 Å². The Morgan fingerprint density at radius 1 is 1.03 bits per heavy atom. The van der Waals surface area contributed by atoms with E-state index in [0.717, 1.165) is 33.6 Å². The highest BCUT2D eigenvalue weighted by Gasteiger charge is 2.23. The Morgan fingerprint density at radius 2 is 1.84 bits per heavy atom. The quantitative estimate of drug-likeness (QED) is 0.293. The van der Waals surface area contributed by atoms with E-state index in [1.807, 2.05) is 69.3 Å². The standard InChI is InChI=1S/C25H24N4OS/c1-17-11-12-18(2)22(14-17)23(30)19(3)31-25-28-27-24(21-10-7-13-26-15-21)29(25)16-20-8-5-4-6-9-20/h4-15,19H,16H2,1-3H3/t19-/m0/s1. The van der Waals surface area contributed by atoms with Gasteiger partial charge in [-0.05, 0) is 50.1 Å². The van der Waals surface area contributed by atoms with Gasteiger partial charge < -0.3 is 0 Å². The van der Waals surface area contributed by atoms with E-state index in [1.165, 1.54) is 11.8 Å². The molecule has 0 saturated heterocycles. The average Bonchev–Trinajstić information content (AvgIpc) is 3.18. The second-order valence-electron chi connectivity index (χ2n) is 7.56. The molecule has 0 aliphatic carbocycles. The largest absolute Gasteiger partial charge is 0.297 e. The predicted octanol–water partition coefficient (Wildman–Crippen LogP) is 5.37. The number of carbonyl (C=O) groups is 1. The number of hydrogen-bond acceptors (Lipinski definition) is 5. The van der Waals surface area contributed by atoms with Crippen LogP contribution in [0.2, 0.25) is 0 Å². The highest BCUT2D eigenvalue weighted by molar-refractivity contribution is 8.00. The van der Waals surface area contributed by atoms with E-state index in [-0.39, 0.29) is 11.0 Å². The van der Waals surface area contributed by atoms with Crippen molar-refractivity contribution < 1.29 is 4.79 Å². The Balaban J connectivity index is 1.67. The number of aromatic nitrogens is 4. The van der Waals surface area contributed by atoms with Gasteiger partial charge in [0.2, 0.25) is 0 Å². The molecule has 31 heavy (non-hydrogen) atoms. The van der Waals surface area contributed by atoms with Gasteiger partial charge in [0.1, 0.15) is 0 Å². The van der Waals surface area contributed by atoms with Gasteiger partial charge in [0.25, 0.3) is 0 Å². The van der Waals surface area contributed by atoms with Crippen molar-refractivity contribution in [1.82, 2.24) is 19.7 Å². The zero-order valence-corrected chi connectivity index (χ0v) is 18.6. The van der Waals surface area contributed by atoms with E-state index in [9.17, 15) is 4.79 Å². The zero-order valence-electron chi connectivity index (χ0n) is 17.8.